The summed E-state index contributed by atoms with van der Waals surface area (Å²) in [6.07, 6.45) is 12.0. The summed E-state index contributed by atoms with van der Waals surface area (Å²) in [4.78, 5) is 0. The Labute approximate surface area is 154 Å². The lowest BCUT2D eigenvalue weighted by Crippen LogP contribution is -2.37. The summed E-state index contributed by atoms with van der Waals surface area (Å²) in [6.45, 7) is 5.08. The highest BCUT2D eigenvalue weighted by atomic mass is 14.9. The first kappa shape index (κ1) is 16.4. The van der Waals surface area contributed by atoms with Gasteiger partial charge in [-0.1, -0.05) is 37.3 Å². The van der Waals surface area contributed by atoms with Gasteiger partial charge in [0.25, 0.3) is 0 Å². The zero-order valence-corrected chi connectivity index (χ0v) is 15.9. The molecule has 4 fully saturated rings. The molecule has 136 valence electrons. The van der Waals surface area contributed by atoms with Gasteiger partial charge >= 0.3 is 0 Å². The molecular formula is C24H35N. The van der Waals surface area contributed by atoms with Crippen LogP contribution in [0.15, 0.2) is 30.3 Å². The second-order valence-corrected chi connectivity index (χ2v) is 9.94. The minimum Gasteiger partial charge on any atom is -0.316 e. The zero-order chi connectivity index (χ0) is 16.9. The SMILES string of the molecule is C[C@H]1CCNCC1C1C[C@]12CC2C[C@H]1CC[C@@H](c2ccccc2)CC1. The standard InChI is InChI=1S/C24H35N/c1-17-11-12-25-16-22(17)23-15-24(23)14-21(24)13-18-7-9-20(10-8-18)19-5-3-2-4-6-19/h2-6,17-18,20-23,25H,7-16H2,1H3/t17-,18-,20+,21?,22?,23?,24-/m0/s1. The van der Waals surface area contributed by atoms with Crippen LogP contribution in [0.1, 0.15) is 69.8 Å². The monoisotopic (exact) mass is 337 g/mol. The van der Waals surface area contributed by atoms with E-state index in [1.165, 1.54) is 45.2 Å². The smallest absolute Gasteiger partial charge is 0.00151 e. The van der Waals surface area contributed by atoms with Crippen molar-refractivity contribution in [1.82, 2.24) is 5.32 Å². The fourth-order valence-electron chi connectivity index (χ4n) is 6.76. The highest BCUT2D eigenvalue weighted by Crippen LogP contribution is 2.78. The lowest BCUT2D eigenvalue weighted by atomic mass is 9.76. The van der Waals surface area contributed by atoms with Gasteiger partial charge in [0.15, 0.2) is 0 Å². The Balaban J connectivity index is 1.11. The molecule has 0 aromatic heterocycles. The molecule has 1 aromatic carbocycles. The van der Waals surface area contributed by atoms with Gasteiger partial charge in [0.05, 0.1) is 0 Å². The van der Waals surface area contributed by atoms with Gasteiger partial charge in [0.2, 0.25) is 0 Å². The molecule has 0 bridgehead atoms. The minimum absolute atomic E-state index is 0.841. The van der Waals surface area contributed by atoms with Crippen molar-refractivity contribution in [3.63, 3.8) is 0 Å². The molecule has 1 N–H and O–H groups in total. The minimum atomic E-state index is 0.841. The first-order chi connectivity index (χ1) is 12.3. The summed E-state index contributed by atoms with van der Waals surface area (Å²) in [6, 6.07) is 11.3. The second kappa shape index (κ2) is 6.41. The van der Waals surface area contributed by atoms with Crippen LogP contribution in [0, 0.1) is 35.0 Å². The van der Waals surface area contributed by atoms with Crippen LogP contribution < -0.4 is 5.32 Å². The van der Waals surface area contributed by atoms with Gasteiger partial charge in [-0.3, -0.25) is 0 Å². The van der Waals surface area contributed by atoms with Crippen molar-refractivity contribution in [1.29, 1.82) is 0 Å². The molecule has 1 heteroatoms. The Morgan fingerprint density at radius 2 is 1.80 bits per heavy atom. The van der Waals surface area contributed by atoms with Crippen molar-refractivity contribution in [3.05, 3.63) is 35.9 Å². The number of hydrogen-bond acceptors (Lipinski definition) is 1. The van der Waals surface area contributed by atoms with Gasteiger partial charge in [-0.25, -0.2) is 0 Å². The van der Waals surface area contributed by atoms with Crippen LogP contribution in [0.25, 0.3) is 0 Å². The molecule has 3 aliphatic carbocycles. The molecule has 5 rings (SSSR count). The van der Waals surface area contributed by atoms with Crippen LogP contribution in [0.4, 0.5) is 0 Å². The second-order valence-electron chi connectivity index (χ2n) is 9.94. The maximum atomic E-state index is 3.67. The van der Waals surface area contributed by atoms with E-state index in [0.717, 1.165) is 40.9 Å². The summed E-state index contributed by atoms with van der Waals surface area (Å²) in [5, 5.41) is 3.67. The van der Waals surface area contributed by atoms with E-state index in [1.807, 2.05) is 0 Å². The maximum Gasteiger partial charge on any atom is -0.00151 e. The Morgan fingerprint density at radius 1 is 1.00 bits per heavy atom. The zero-order valence-electron chi connectivity index (χ0n) is 15.9. The van der Waals surface area contributed by atoms with E-state index in [0.29, 0.717) is 0 Å². The van der Waals surface area contributed by atoms with Crippen LogP contribution in [-0.4, -0.2) is 13.1 Å². The third-order valence-corrected chi connectivity index (χ3v) is 8.60. The largest absolute Gasteiger partial charge is 0.316 e. The molecule has 1 aliphatic heterocycles. The molecular weight excluding hydrogens is 302 g/mol. The average Bonchev–Trinajstić information content (AvgIpc) is 3.55. The van der Waals surface area contributed by atoms with E-state index in [4.69, 9.17) is 0 Å². The molecule has 5 atom stereocenters. The van der Waals surface area contributed by atoms with Gasteiger partial charge in [0.1, 0.15) is 0 Å². The van der Waals surface area contributed by atoms with Crippen LogP contribution in [0.5, 0.6) is 0 Å². The molecule has 0 amide bonds. The van der Waals surface area contributed by atoms with Crippen molar-refractivity contribution < 1.29 is 0 Å². The normalized spacial score (nSPS) is 46.1. The molecule has 1 heterocycles. The van der Waals surface area contributed by atoms with Crippen molar-refractivity contribution in [2.45, 2.75) is 64.2 Å². The number of hydrogen-bond donors (Lipinski definition) is 1. The Kier molecular flexibility index (Phi) is 4.19. The van der Waals surface area contributed by atoms with Gasteiger partial charge < -0.3 is 5.32 Å². The van der Waals surface area contributed by atoms with Gasteiger partial charge in [-0.2, -0.15) is 0 Å². The lowest BCUT2D eigenvalue weighted by Gasteiger charge is -2.30. The van der Waals surface area contributed by atoms with Gasteiger partial charge in [-0.15, -0.1) is 0 Å². The third-order valence-electron chi connectivity index (χ3n) is 8.60. The summed E-state index contributed by atoms with van der Waals surface area (Å²) in [5.74, 6) is 6.02. The topological polar surface area (TPSA) is 12.0 Å². The molecule has 1 saturated heterocycles. The van der Waals surface area contributed by atoms with Gasteiger partial charge in [0, 0.05) is 0 Å². The molecule has 1 aromatic rings. The third kappa shape index (κ3) is 3.07. The van der Waals surface area contributed by atoms with E-state index in [-0.39, 0.29) is 0 Å². The number of benzene rings is 1. The lowest BCUT2D eigenvalue weighted by molar-refractivity contribution is 0.227. The summed E-state index contributed by atoms with van der Waals surface area (Å²) in [5.41, 5.74) is 2.43. The highest BCUT2D eigenvalue weighted by Gasteiger charge is 2.71. The molecule has 3 unspecified atom stereocenters. The first-order valence-corrected chi connectivity index (χ1v) is 11.0. The molecule has 3 saturated carbocycles. The molecule has 4 aliphatic rings. The van der Waals surface area contributed by atoms with Crippen molar-refractivity contribution in [2.75, 3.05) is 13.1 Å². The van der Waals surface area contributed by atoms with E-state index in [9.17, 15) is 0 Å². The molecule has 0 radical (unpaired) electrons. The van der Waals surface area contributed by atoms with E-state index in [1.54, 1.807) is 24.8 Å². The maximum absolute atomic E-state index is 3.67. The fraction of sp³-hybridized carbons (Fsp3) is 0.750. The highest BCUT2D eigenvalue weighted by molar-refractivity contribution is 5.22. The summed E-state index contributed by atoms with van der Waals surface area (Å²) >= 11 is 0. The Bertz CT molecular complexity index is 587. The van der Waals surface area contributed by atoms with E-state index >= 15 is 0 Å². The predicted octanol–water partition coefficient (Wildman–Crippen LogP) is 5.62. The predicted molar refractivity (Wildman–Crippen MR) is 105 cm³/mol. The van der Waals surface area contributed by atoms with Gasteiger partial charge in [-0.05, 0) is 111 Å². The Morgan fingerprint density at radius 3 is 2.56 bits per heavy atom. The van der Waals surface area contributed by atoms with E-state index in [2.05, 4.69) is 42.6 Å². The van der Waals surface area contributed by atoms with Crippen LogP contribution in [0.2, 0.25) is 0 Å². The van der Waals surface area contributed by atoms with E-state index < -0.39 is 0 Å². The summed E-state index contributed by atoms with van der Waals surface area (Å²) < 4.78 is 0. The van der Waals surface area contributed by atoms with Crippen molar-refractivity contribution >= 4 is 0 Å². The molecule has 1 spiro atoms. The number of piperidine rings is 1. The number of rotatable bonds is 4. The number of nitrogens with one attached hydrogen (secondary N) is 1. The summed E-state index contributed by atoms with van der Waals surface area (Å²) in [7, 11) is 0. The van der Waals surface area contributed by atoms with Crippen molar-refractivity contribution in [3.8, 4) is 0 Å². The van der Waals surface area contributed by atoms with Crippen LogP contribution >= 0.6 is 0 Å². The molecule has 25 heavy (non-hydrogen) atoms. The molecule has 1 nitrogen and oxygen atoms in total. The quantitative estimate of drug-likeness (QED) is 0.751. The van der Waals surface area contributed by atoms with Crippen LogP contribution in [-0.2, 0) is 0 Å². The van der Waals surface area contributed by atoms with Crippen molar-refractivity contribution in [2.24, 2.45) is 35.0 Å². The van der Waals surface area contributed by atoms with Crippen LogP contribution in [0.3, 0.4) is 0 Å². The average molecular weight is 338 g/mol. The first-order valence-electron chi connectivity index (χ1n) is 11.0. The fourth-order valence-corrected chi connectivity index (χ4v) is 6.76. The Hall–Kier alpha value is -0.820.